The van der Waals surface area contributed by atoms with Crippen LogP contribution in [0.3, 0.4) is 0 Å². The predicted molar refractivity (Wildman–Crippen MR) is 135 cm³/mol. The van der Waals surface area contributed by atoms with Crippen LogP contribution < -0.4 is 4.74 Å². The van der Waals surface area contributed by atoms with Gasteiger partial charge in [0.05, 0.1) is 18.8 Å². The molecule has 2 aromatic carbocycles. The molecule has 2 aliphatic carbocycles. The van der Waals surface area contributed by atoms with Crippen LogP contribution in [0, 0.1) is 29.2 Å². The molecule has 1 N–H and O–H groups in total. The molecule has 2 aromatic rings. The summed E-state index contributed by atoms with van der Waals surface area (Å²) in [5.41, 5.74) is 0.915. The molecule has 4 rings (SSSR count). The van der Waals surface area contributed by atoms with Gasteiger partial charge in [-0.25, -0.2) is 13.2 Å². The summed E-state index contributed by atoms with van der Waals surface area (Å²) in [6, 6.07) is 6.29. The number of halogens is 4. The number of ether oxygens (including phenoxy) is 2. The third-order valence-corrected chi connectivity index (χ3v) is 8.11. The maximum atomic E-state index is 14.9. The van der Waals surface area contributed by atoms with Crippen LogP contribution in [0.2, 0.25) is 0 Å². The molecular weight excluding hydrogens is 484 g/mol. The van der Waals surface area contributed by atoms with Crippen molar-refractivity contribution < 1.29 is 32.1 Å². The highest BCUT2D eigenvalue weighted by Gasteiger charge is 2.30. The molecule has 202 valence electrons. The van der Waals surface area contributed by atoms with E-state index in [0.717, 1.165) is 25.7 Å². The van der Waals surface area contributed by atoms with Crippen LogP contribution in [-0.4, -0.2) is 23.9 Å². The van der Waals surface area contributed by atoms with E-state index in [0.29, 0.717) is 36.8 Å². The fraction of sp³-hybridized carbons (Fsp3) is 0.533. The van der Waals surface area contributed by atoms with Crippen molar-refractivity contribution >= 4 is 0 Å². The minimum absolute atomic E-state index is 0.0362. The summed E-state index contributed by atoms with van der Waals surface area (Å²) < 4.78 is 69.8. The van der Waals surface area contributed by atoms with Crippen LogP contribution >= 0.6 is 0 Å². The van der Waals surface area contributed by atoms with Gasteiger partial charge in [-0.3, -0.25) is 0 Å². The van der Waals surface area contributed by atoms with E-state index < -0.39 is 23.3 Å². The molecule has 0 heterocycles. The second kappa shape index (κ2) is 12.4. The Labute approximate surface area is 216 Å². The van der Waals surface area contributed by atoms with Crippen molar-refractivity contribution in [3.8, 4) is 5.75 Å². The monoisotopic (exact) mass is 520 g/mol. The van der Waals surface area contributed by atoms with Crippen molar-refractivity contribution in [2.45, 2.75) is 88.9 Å². The number of aliphatic hydroxyl groups is 1. The Bertz CT molecular complexity index is 1070. The lowest BCUT2D eigenvalue weighted by Gasteiger charge is -2.31. The van der Waals surface area contributed by atoms with Crippen molar-refractivity contribution in [3.63, 3.8) is 0 Å². The lowest BCUT2D eigenvalue weighted by Crippen LogP contribution is -2.23. The smallest absolute Gasteiger partial charge is 0.200 e. The highest BCUT2D eigenvalue weighted by atomic mass is 19.2. The van der Waals surface area contributed by atoms with Gasteiger partial charge in [-0.2, -0.15) is 4.39 Å². The van der Waals surface area contributed by atoms with Crippen LogP contribution in [0.4, 0.5) is 17.6 Å². The van der Waals surface area contributed by atoms with E-state index in [1.165, 1.54) is 12.1 Å². The Balaban J connectivity index is 1.30. The highest BCUT2D eigenvalue weighted by Crippen LogP contribution is 2.40. The van der Waals surface area contributed by atoms with Crippen LogP contribution in [0.25, 0.3) is 0 Å². The molecule has 2 saturated carbocycles. The molecule has 0 aliphatic heterocycles. The molecule has 0 spiro atoms. The molecule has 1 atom stereocenters. The van der Waals surface area contributed by atoms with Crippen LogP contribution in [0.5, 0.6) is 5.75 Å². The van der Waals surface area contributed by atoms with E-state index in [4.69, 9.17) is 9.47 Å². The van der Waals surface area contributed by atoms with Gasteiger partial charge in [0.2, 0.25) is 5.82 Å². The first kappa shape index (κ1) is 27.6. The number of hydrogen-bond acceptors (Lipinski definition) is 3. The first-order valence-corrected chi connectivity index (χ1v) is 13.3. The van der Waals surface area contributed by atoms with E-state index >= 15 is 0 Å². The van der Waals surface area contributed by atoms with Crippen LogP contribution in [0.1, 0.15) is 86.8 Å². The Morgan fingerprint density at radius 1 is 0.838 bits per heavy atom. The molecule has 0 radical (unpaired) electrons. The molecule has 3 nitrogen and oxygen atoms in total. The summed E-state index contributed by atoms with van der Waals surface area (Å²) >= 11 is 0. The normalized spacial score (nSPS) is 25.0. The molecular formula is C30H36F4O3. The third-order valence-electron chi connectivity index (χ3n) is 8.11. The van der Waals surface area contributed by atoms with Crippen molar-refractivity contribution in [1.82, 2.24) is 0 Å². The fourth-order valence-electron chi connectivity index (χ4n) is 5.81. The summed E-state index contributed by atoms with van der Waals surface area (Å²) in [6.45, 7) is 5.34. The van der Waals surface area contributed by atoms with Crippen LogP contribution in [0.15, 0.2) is 36.9 Å². The van der Waals surface area contributed by atoms with E-state index in [1.54, 1.807) is 25.1 Å². The maximum absolute atomic E-state index is 14.9. The molecule has 2 fully saturated rings. The summed E-state index contributed by atoms with van der Waals surface area (Å²) in [6.07, 6.45) is 6.48. The molecule has 37 heavy (non-hydrogen) atoms. The van der Waals surface area contributed by atoms with E-state index in [1.807, 2.05) is 0 Å². The first-order valence-electron chi connectivity index (χ1n) is 13.3. The lowest BCUT2D eigenvalue weighted by molar-refractivity contribution is 0.0116. The van der Waals surface area contributed by atoms with Gasteiger partial charge in [0.15, 0.2) is 23.2 Å². The number of hydrogen-bond donors (Lipinski definition) is 1. The zero-order valence-electron chi connectivity index (χ0n) is 21.3. The van der Waals surface area contributed by atoms with E-state index in [9.17, 15) is 22.7 Å². The molecule has 0 saturated heterocycles. The summed E-state index contributed by atoms with van der Waals surface area (Å²) in [4.78, 5) is 0. The van der Waals surface area contributed by atoms with Gasteiger partial charge in [-0.15, -0.1) is 0 Å². The zero-order valence-corrected chi connectivity index (χ0v) is 21.3. The van der Waals surface area contributed by atoms with Gasteiger partial charge in [0.25, 0.3) is 0 Å². The Morgan fingerprint density at radius 3 is 2.00 bits per heavy atom. The van der Waals surface area contributed by atoms with Gasteiger partial charge in [0, 0.05) is 5.56 Å². The molecule has 0 amide bonds. The molecule has 2 aliphatic rings. The SMILES string of the molecule is C=CCOc1ccc(C2CCC(OCc3ccc(C4CCC(C(C)O)CC4)c(F)c3F)CC2)c(F)c1F. The number of aliphatic hydroxyl groups excluding tert-OH is 1. The van der Waals surface area contributed by atoms with Crippen molar-refractivity contribution in [1.29, 1.82) is 0 Å². The van der Waals surface area contributed by atoms with E-state index in [-0.39, 0.29) is 54.5 Å². The maximum Gasteiger partial charge on any atom is 0.200 e. The fourth-order valence-corrected chi connectivity index (χ4v) is 5.81. The highest BCUT2D eigenvalue weighted by molar-refractivity contribution is 5.33. The van der Waals surface area contributed by atoms with Gasteiger partial charge in [-0.05, 0) is 93.2 Å². The van der Waals surface area contributed by atoms with Gasteiger partial charge >= 0.3 is 0 Å². The van der Waals surface area contributed by atoms with Gasteiger partial charge in [0.1, 0.15) is 6.61 Å². The second-order valence-corrected chi connectivity index (χ2v) is 10.5. The Morgan fingerprint density at radius 2 is 1.41 bits per heavy atom. The predicted octanol–water partition coefficient (Wildman–Crippen LogP) is 7.71. The number of rotatable bonds is 9. The average molecular weight is 521 g/mol. The first-order chi connectivity index (χ1) is 17.8. The third kappa shape index (κ3) is 6.37. The molecule has 7 heteroatoms. The van der Waals surface area contributed by atoms with Gasteiger partial charge < -0.3 is 14.6 Å². The summed E-state index contributed by atoms with van der Waals surface area (Å²) in [7, 11) is 0. The van der Waals surface area contributed by atoms with Crippen LogP contribution in [-0.2, 0) is 11.3 Å². The van der Waals surface area contributed by atoms with E-state index in [2.05, 4.69) is 6.58 Å². The molecule has 0 bridgehead atoms. The number of benzene rings is 2. The largest absolute Gasteiger partial charge is 0.486 e. The standard InChI is InChI=1S/C30H36F4O3/c1-3-16-36-26-15-14-25(29(33)30(26)34)21-8-11-23(12-9-21)37-17-22-10-13-24(28(32)27(22)31)20-6-4-19(5-7-20)18(2)35/h3,10,13-15,18-21,23,35H,1,4-9,11-12,16-17H2,2H3. The Hall–Kier alpha value is -2.38. The quantitative estimate of drug-likeness (QED) is 0.272. The molecule has 0 aromatic heterocycles. The lowest BCUT2D eigenvalue weighted by atomic mass is 9.76. The zero-order chi connectivity index (χ0) is 26.5. The van der Waals surface area contributed by atoms with Gasteiger partial charge in [-0.1, -0.05) is 30.9 Å². The second-order valence-electron chi connectivity index (χ2n) is 10.5. The minimum atomic E-state index is -0.991. The minimum Gasteiger partial charge on any atom is -0.486 e. The summed E-state index contributed by atoms with van der Waals surface area (Å²) in [5, 5.41) is 9.78. The summed E-state index contributed by atoms with van der Waals surface area (Å²) in [5.74, 6) is -3.63. The topological polar surface area (TPSA) is 38.7 Å². The Kier molecular flexibility index (Phi) is 9.30. The van der Waals surface area contributed by atoms with Crippen molar-refractivity contribution in [2.24, 2.45) is 5.92 Å². The van der Waals surface area contributed by atoms with Crippen molar-refractivity contribution in [3.05, 3.63) is 76.9 Å². The average Bonchev–Trinajstić information content (AvgIpc) is 2.91. The van der Waals surface area contributed by atoms with Crippen molar-refractivity contribution in [2.75, 3.05) is 6.61 Å². The molecule has 1 unspecified atom stereocenters.